The number of hydrogen-bond acceptors (Lipinski definition) is 3. The fourth-order valence-corrected chi connectivity index (χ4v) is 2.46. The minimum atomic E-state index is -0.211. The van der Waals surface area contributed by atoms with Gasteiger partial charge in [0.05, 0.1) is 13.0 Å². The number of aliphatic hydroxyl groups excluding tert-OH is 1. The highest BCUT2D eigenvalue weighted by Crippen LogP contribution is 2.24. The second kappa shape index (κ2) is 6.72. The Morgan fingerprint density at radius 2 is 2.19 bits per heavy atom. The number of H-pyrrole nitrogens is 1. The molecule has 5 heteroatoms. The summed E-state index contributed by atoms with van der Waals surface area (Å²) in [5, 5.41) is 13.4. The van der Waals surface area contributed by atoms with Gasteiger partial charge in [-0.2, -0.15) is 0 Å². The van der Waals surface area contributed by atoms with Crippen molar-refractivity contribution < 1.29 is 9.90 Å². The molecule has 1 amide bonds. The van der Waals surface area contributed by atoms with Crippen LogP contribution in [0, 0.1) is 5.41 Å². The Balaban J connectivity index is 1.99. The maximum atomic E-state index is 12.1. The van der Waals surface area contributed by atoms with Crippen molar-refractivity contribution in [3.8, 4) is 0 Å². The van der Waals surface area contributed by atoms with Crippen LogP contribution in [0.25, 0.3) is 11.0 Å². The van der Waals surface area contributed by atoms with E-state index >= 15 is 0 Å². The molecule has 0 fully saturated rings. The Hall–Kier alpha value is -1.88. The van der Waals surface area contributed by atoms with Crippen molar-refractivity contribution in [3.63, 3.8) is 0 Å². The van der Waals surface area contributed by atoms with Crippen LogP contribution >= 0.6 is 0 Å². The maximum absolute atomic E-state index is 12.1. The lowest BCUT2D eigenvalue weighted by Gasteiger charge is -2.29. The molecule has 0 aliphatic rings. The lowest BCUT2D eigenvalue weighted by Crippen LogP contribution is -2.39. The first-order chi connectivity index (χ1) is 10.1. The van der Waals surface area contributed by atoms with Crippen LogP contribution < -0.4 is 5.32 Å². The molecule has 3 N–H and O–H groups in total. The van der Waals surface area contributed by atoms with Gasteiger partial charge in [-0.1, -0.05) is 13.8 Å². The van der Waals surface area contributed by atoms with E-state index in [0.29, 0.717) is 13.0 Å². The highest BCUT2D eigenvalue weighted by atomic mass is 16.3. The summed E-state index contributed by atoms with van der Waals surface area (Å²) in [5.41, 5.74) is 1.53. The van der Waals surface area contributed by atoms with Crippen molar-refractivity contribution in [1.82, 2.24) is 15.3 Å². The Kier molecular flexibility index (Phi) is 4.96. The van der Waals surface area contributed by atoms with Gasteiger partial charge in [0.15, 0.2) is 0 Å². The zero-order valence-corrected chi connectivity index (χ0v) is 12.6. The van der Waals surface area contributed by atoms with Crippen molar-refractivity contribution in [3.05, 3.63) is 30.1 Å². The molecule has 0 atom stereocenters. The normalized spacial score (nSPS) is 11.8. The number of aromatic amines is 1. The van der Waals surface area contributed by atoms with E-state index < -0.39 is 0 Å². The first-order valence-corrected chi connectivity index (χ1v) is 7.42. The van der Waals surface area contributed by atoms with Crippen LogP contribution in [-0.2, 0) is 11.2 Å². The van der Waals surface area contributed by atoms with Crippen molar-refractivity contribution in [2.45, 2.75) is 33.1 Å². The molecule has 0 saturated carbocycles. The molecule has 21 heavy (non-hydrogen) atoms. The Labute approximate surface area is 124 Å². The van der Waals surface area contributed by atoms with Crippen molar-refractivity contribution in [1.29, 1.82) is 0 Å². The van der Waals surface area contributed by atoms with Crippen LogP contribution in [0.15, 0.2) is 24.5 Å². The molecular weight excluding hydrogens is 266 g/mol. The van der Waals surface area contributed by atoms with Gasteiger partial charge in [0.2, 0.25) is 5.91 Å². The van der Waals surface area contributed by atoms with Gasteiger partial charge in [-0.3, -0.25) is 4.79 Å². The van der Waals surface area contributed by atoms with E-state index in [1.165, 1.54) is 0 Å². The fraction of sp³-hybridized carbons (Fsp3) is 0.500. The molecule has 2 rings (SSSR count). The Morgan fingerprint density at radius 1 is 1.43 bits per heavy atom. The predicted molar refractivity (Wildman–Crippen MR) is 82.9 cm³/mol. The van der Waals surface area contributed by atoms with Gasteiger partial charge in [-0.15, -0.1) is 0 Å². The van der Waals surface area contributed by atoms with E-state index in [1.807, 2.05) is 32.2 Å². The average molecular weight is 289 g/mol. The number of carbonyl (C=O) groups excluding carboxylic acids is 1. The number of rotatable bonds is 7. The van der Waals surface area contributed by atoms with E-state index in [9.17, 15) is 9.90 Å². The molecule has 0 aliphatic heterocycles. The first kappa shape index (κ1) is 15.5. The minimum absolute atomic E-state index is 0.0283. The molecule has 0 bridgehead atoms. The smallest absolute Gasteiger partial charge is 0.224 e. The van der Waals surface area contributed by atoms with Crippen LogP contribution in [0.3, 0.4) is 0 Å². The molecule has 0 unspecified atom stereocenters. The summed E-state index contributed by atoms with van der Waals surface area (Å²) in [5.74, 6) is -0.0283. The summed E-state index contributed by atoms with van der Waals surface area (Å²) in [6.07, 6.45) is 5.56. The number of fused-ring (bicyclic) bond motifs is 1. The third-order valence-electron chi connectivity index (χ3n) is 4.38. The zero-order valence-electron chi connectivity index (χ0n) is 12.6. The standard InChI is InChI=1S/C16H23N3O2/c1-3-16(4-2,11-20)10-19-14(21)8-12-9-18-15-13(12)6-5-7-17-15/h5-7,9,20H,3-4,8,10-11H2,1-2H3,(H,17,18)(H,19,21). The minimum Gasteiger partial charge on any atom is -0.396 e. The zero-order chi connectivity index (χ0) is 15.3. The molecule has 0 aliphatic carbocycles. The second-order valence-corrected chi connectivity index (χ2v) is 5.53. The average Bonchev–Trinajstić information content (AvgIpc) is 2.93. The fourth-order valence-electron chi connectivity index (χ4n) is 2.46. The Bertz CT molecular complexity index is 594. The van der Waals surface area contributed by atoms with Gasteiger partial charge in [0, 0.05) is 29.7 Å². The number of aliphatic hydroxyl groups is 1. The Morgan fingerprint density at radius 3 is 2.86 bits per heavy atom. The maximum Gasteiger partial charge on any atom is 0.224 e. The van der Waals surface area contributed by atoms with Gasteiger partial charge >= 0.3 is 0 Å². The van der Waals surface area contributed by atoms with Gasteiger partial charge in [0.25, 0.3) is 0 Å². The third-order valence-corrected chi connectivity index (χ3v) is 4.38. The summed E-state index contributed by atoms with van der Waals surface area (Å²) in [4.78, 5) is 19.4. The van der Waals surface area contributed by atoms with E-state index in [1.54, 1.807) is 6.20 Å². The molecule has 114 valence electrons. The molecule has 0 aromatic carbocycles. The third kappa shape index (κ3) is 3.42. The molecule has 0 radical (unpaired) electrons. The van der Waals surface area contributed by atoms with Gasteiger partial charge in [-0.05, 0) is 30.5 Å². The molecule has 0 spiro atoms. The lowest BCUT2D eigenvalue weighted by molar-refractivity contribution is -0.121. The molecule has 5 nitrogen and oxygen atoms in total. The van der Waals surface area contributed by atoms with Crippen LogP contribution in [0.5, 0.6) is 0 Å². The van der Waals surface area contributed by atoms with Gasteiger partial charge < -0.3 is 15.4 Å². The largest absolute Gasteiger partial charge is 0.396 e. The van der Waals surface area contributed by atoms with Gasteiger partial charge in [-0.25, -0.2) is 4.98 Å². The molecular formula is C16H23N3O2. The highest BCUT2D eigenvalue weighted by Gasteiger charge is 2.25. The van der Waals surface area contributed by atoms with Crippen LogP contribution in [0.2, 0.25) is 0 Å². The lowest BCUT2D eigenvalue weighted by atomic mass is 9.83. The summed E-state index contributed by atoms with van der Waals surface area (Å²) in [7, 11) is 0. The summed E-state index contributed by atoms with van der Waals surface area (Å²) in [6, 6.07) is 3.82. The number of hydrogen-bond donors (Lipinski definition) is 3. The predicted octanol–water partition coefficient (Wildman–Crippen LogP) is 2.02. The van der Waals surface area contributed by atoms with Crippen molar-refractivity contribution >= 4 is 16.9 Å². The van der Waals surface area contributed by atoms with Crippen LogP contribution in [0.4, 0.5) is 0 Å². The highest BCUT2D eigenvalue weighted by molar-refractivity contribution is 5.87. The number of carbonyl (C=O) groups is 1. The number of aromatic nitrogens is 2. The SMILES string of the molecule is CCC(CC)(CO)CNC(=O)Cc1c[nH]c2ncccc12. The van der Waals surface area contributed by atoms with Crippen LogP contribution in [0.1, 0.15) is 32.3 Å². The van der Waals surface area contributed by atoms with E-state index in [2.05, 4.69) is 15.3 Å². The van der Waals surface area contributed by atoms with Crippen molar-refractivity contribution in [2.24, 2.45) is 5.41 Å². The summed E-state index contributed by atoms with van der Waals surface area (Å²) < 4.78 is 0. The summed E-state index contributed by atoms with van der Waals surface area (Å²) >= 11 is 0. The number of pyridine rings is 1. The van der Waals surface area contributed by atoms with E-state index in [0.717, 1.165) is 29.4 Å². The molecule has 2 aromatic heterocycles. The molecule has 2 aromatic rings. The topological polar surface area (TPSA) is 78.0 Å². The number of nitrogens with one attached hydrogen (secondary N) is 2. The van der Waals surface area contributed by atoms with Crippen LogP contribution in [-0.4, -0.2) is 34.1 Å². The second-order valence-electron chi connectivity index (χ2n) is 5.53. The van der Waals surface area contributed by atoms with E-state index in [-0.39, 0.29) is 17.9 Å². The first-order valence-electron chi connectivity index (χ1n) is 7.42. The number of nitrogens with zero attached hydrogens (tertiary/aromatic N) is 1. The van der Waals surface area contributed by atoms with E-state index in [4.69, 9.17) is 0 Å². The number of amides is 1. The quantitative estimate of drug-likeness (QED) is 0.729. The molecule has 0 saturated heterocycles. The summed E-state index contributed by atoms with van der Waals surface area (Å²) in [6.45, 7) is 4.68. The van der Waals surface area contributed by atoms with Gasteiger partial charge in [0.1, 0.15) is 5.65 Å². The van der Waals surface area contributed by atoms with Crippen molar-refractivity contribution in [2.75, 3.05) is 13.2 Å². The molecule has 2 heterocycles. The monoisotopic (exact) mass is 289 g/mol.